The number of carbonyl (C=O) groups excluding carboxylic acids is 1. The van der Waals surface area contributed by atoms with E-state index in [0.29, 0.717) is 6.61 Å². The molecule has 0 unspecified atom stereocenters. The molecule has 1 heterocycles. The van der Waals surface area contributed by atoms with E-state index >= 15 is 0 Å². The maximum atomic E-state index is 10.4. The highest BCUT2D eigenvalue weighted by molar-refractivity contribution is 5.65. The molecule has 1 rings (SSSR count). The summed E-state index contributed by atoms with van der Waals surface area (Å²) in [4.78, 5) is 10.4. The molecule has 0 aliphatic carbocycles. The molecule has 0 saturated carbocycles. The van der Waals surface area contributed by atoms with Gasteiger partial charge in [-0.25, -0.2) is 0 Å². The fraction of sp³-hybridized carbons (Fsp3) is 0.625. The van der Waals surface area contributed by atoms with Gasteiger partial charge in [0.05, 0.1) is 6.61 Å². The molecule has 1 aliphatic heterocycles. The van der Waals surface area contributed by atoms with Crippen molar-refractivity contribution in [3.8, 4) is 0 Å². The fourth-order valence-corrected chi connectivity index (χ4v) is 0.916. The van der Waals surface area contributed by atoms with Crippen molar-refractivity contribution in [1.82, 2.24) is 0 Å². The van der Waals surface area contributed by atoms with Gasteiger partial charge in [0, 0.05) is 13.0 Å². The quantitative estimate of drug-likeness (QED) is 0.463. The van der Waals surface area contributed by atoms with Gasteiger partial charge in [0.1, 0.15) is 12.7 Å². The highest BCUT2D eigenvalue weighted by Crippen LogP contribution is 2.04. The van der Waals surface area contributed by atoms with Crippen molar-refractivity contribution in [2.75, 3.05) is 13.2 Å². The number of esters is 1. The minimum absolute atomic E-state index is 0.0291. The van der Waals surface area contributed by atoms with Gasteiger partial charge >= 0.3 is 5.97 Å². The first-order valence-corrected chi connectivity index (χ1v) is 3.87. The zero-order chi connectivity index (χ0) is 8.97. The monoisotopic (exact) mass is 171 g/mol. The summed E-state index contributed by atoms with van der Waals surface area (Å²) in [6, 6.07) is -0.0291. The van der Waals surface area contributed by atoms with Gasteiger partial charge in [0.25, 0.3) is 0 Å². The molecule has 2 atom stereocenters. The van der Waals surface area contributed by atoms with Crippen LogP contribution in [0.5, 0.6) is 0 Å². The molecular formula is C8H13NO3. The van der Waals surface area contributed by atoms with Crippen LogP contribution in [0.4, 0.5) is 0 Å². The van der Waals surface area contributed by atoms with E-state index in [1.165, 1.54) is 6.92 Å². The van der Waals surface area contributed by atoms with Gasteiger partial charge in [-0.15, -0.1) is 0 Å². The zero-order valence-electron chi connectivity index (χ0n) is 7.03. The van der Waals surface area contributed by atoms with Gasteiger partial charge in [-0.1, -0.05) is 12.2 Å². The van der Waals surface area contributed by atoms with Crippen molar-refractivity contribution in [3.63, 3.8) is 0 Å². The van der Waals surface area contributed by atoms with Gasteiger partial charge < -0.3 is 15.2 Å². The molecule has 4 nitrogen and oxygen atoms in total. The van der Waals surface area contributed by atoms with Gasteiger partial charge in [-0.3, -0.25) is 4.79 Å². The van der Waals surface area contributed by atoms with Crippen LogP contribution >= 0.6 is 0 Å². The predicted molar refractivity (Wildman–Crippen MR) is 43.5 cm³/mol. The number of carbonyl (C=O) groups is 1. The summed E-state index contributed by atoms with van der Waals surface area (Å²) in [5.41, 5.74) is 5.53. The van der Waals surface area contributed by atoms with E-state index in [1.54, 1.807) is 0 Å². The Bertz CT molecular complexity index is 191. The van der Waals surface area contributed by atoms with Crippen LogP contribution in [-0.4, -0.2) is 31.3 Å². The average Bonchev–Trinajstić information content (AvgIpc) is 2.03. The van der Waals surface area contributed by atoms with E-state index in [9.17, 15) is 4.79 Å². The van der Waals surface area contributed by atoms with Crippen LogP contribution in [0, 0.1) is 0 Å². The molecule has 12 heavy (non-hydrogen) atoms. The second kappa shape index (κ2) is 4.23. The lowest BCUT2D eigenvalue weighted by Crippen LogP contribution is -2.33. The summed E-state index contributed by atoms with van der Waals surface area (Å²) in [5, 5.41) is 0. The van der Waals surface area contributed by atoms with E-state index in [0.717, 1.165) is 0 Å². The topological polar surface area (TPSA) is 61.5 Å². The van der Waals surface area contributed by atoms with Crippen LogP contribution in [0.1, 0.15) is 6.92 Å². The third-order valence-electron chi connectivity index (χ3n) is 1.53. The molecule has 0 aromatic heterocycles. The van der Waals surface area contributed by atoms with Gasteiger partial charge in [-0.2, -0.15) is 0 Å². The number of ether oxygens (including phenoxy) is 2. The van der Waals surface area contributed by atoms with Crippen LogP contribution in [0.3, 0.4) is 0 Å². The average molecular weight is 171 g/mol. The molecule has 1 aliphatic rings. The minimum atomic E-state index is -0.290. The van der Waals surface area contributed by atoms with Crippen LogP contribution in [0.15, 0.2) is 12.2 Å². The summed E-state index contributed by atoms with van der Waals surface area (Å²) in [5.74, 6) is -0.290. The van der Waals surface area contributed by atoms with Crippen molar-refractivity contribution in [3.05, 3.63) is 12.2 Å². The lowest BCUT2D eigenvalue weighted by Gasteiger charge is -2.20. The Morgan fingerprint density at radius 2 is 2.50 bits per heavy atom. The second-order valence-electron chi connectivity index (χ2n) is 2.72. The van der Waals surface area contributed by atoms with Crippen LogP contribution in [0.25, 0.3) is 0 Å². The first-order chi connectivity index (χ1) is 5.68. The number of hydrogen-bond acceptors (Lipinski definition) is 4. The molecular weight excluding hydrogens is 158 g/mol. The molecule has 0 radical (unpaired) electrons. The minimum Gasteiger partial charge on any atom is -0.463 e. The molecule has 0 saturated heterocycles. The third kappa shape index (κ3) is 3.02. The van der Waals surface area contributed by atoms with Gasteiger partial charge in [0.2, 0.25) is 0 Å². The molecule has 0 aromatic rings. The van der Waals surface area contributed by atoms with Crippen molar-refractivity contribution in [1.29, 1.82) is 0 Å². The maximum Gasteiger partial charge on any atom is 0.302 e. The SMILES string of the molecule is CC(=O)OC[C@@H]1C=C[C@H](N)CO1. The molecule has 0 fully saturated rings. The molecule has 0 spiro atoms. The number of rotatable bonds is 2. The Labute approximate surface area is 71.3 Å². The van der Waals surface area contributed by atoms with Crippen molar-refractivity contribution in [2.24, 2.45) is 5.73 Å². The van der Waals surface area contributed by atoms with E-state index in [4.69, 9.17) is 15.2 Å². The first-order valence-electron chi connectivity index (χ1n) is 3.87. The summed E-state index contributed by atoms with van der Waals surface area (Å²) in [6.45, 7) is 2.14. The fourth-order valence-electron chi connectivity index (χ4n) is 0.916. The van der Waals surface area contributed by atoms with Crippen LogP contribution in [-0.2, 0) is 14.3 Å². The van der Waals surface area contributed by atoms with Crippen molar-refractivity contribution < 1.29 is 14.3 Å². The summed E-state index contributed by atoms with van der Waals surface area (Å²) >= 11 is 0. The largest absolute Gasteiger partial charge is 0.463 e. The zero-order valence-corrected chi connectivity index (χ0v) is 7.03. The Morgan fingerprint density at radius 3 is 3.00 bits per heavy atom. The smallest absolute Gasteiger partial charge is 0.302 e. The van der Waals surface area contributed by atoms with Crippen LogP contribution < -0.4 is 5.73 Å². The lowest BCUT2D eigenvalue weighted by atomic mass is 10.2. The Morgan fingerprint density at radius 1 is 1.75 bits per heavy atom. The van der Waals surface area contributed by atoms with E-state index in [-0.39, 0.29) is 24.7 Å². The van der Waals surface area contributed by atoms with Crippen molar-refractivity contribution >= 4 is 5.97 Å². The van der Waals surface area contributed by atoms with E-state index in [2.05, 4.69) is 0 Å². The Hall–Kier alpha value is -0.870. The summed E-state index contributed by atoms with van der Waals surface area (Å²) in [6.07, 6.45) is 3.54. The highest BCUT2D eigenvalue weighted by Gasteiger charge is 2.13. The third-order valence-corrected chi connectivity index (χ3v) is 1.53. The standard InChI is InChI=1S/C8H13NO3/c1-6(10)11-5-8-3-2-7(9)4-12-8/h2-3,7-8H,4-5,9H2,1H3/t7-,8-/m0/s1. The molecule has 0 aromatic carbocycles. The van der Waals surface area contributed by atoms with Gasteiger partial charge in [0.15, 0.2) is 0 Å². The number of hydrogen-bond donors (Lipinski definition) is 1. The van der Waals surface area contributed by atoms with Crippen LogP contribution in [0.2, 0.25) is 0 Å². The maximum absolute atomic E-state index is 10.4. The summed E-state index contributed by atoms with van der Waals surface area (Å²) < 4.78 is 10.0. The predicted octanol–water partition coefficient (Wildman–Crippen LogP) is -0.168. The summed E-state index contributed by atoms with van der Waals surface area (Å²) in [7, 11) is 0. The Kier molecular flexibility index (Phi) is 3.25. The lowest BCUT2D eigenvalue weighted by molar-refractivity contribution is -0.144. The van der Waals surface area contributed by atoms with Crippen molar-refractivity contribution in [2.45, 2.75) is 19.1 Å². The molecule has 2 N–H and O–H groups in total. The van der Waals surface area contributed by atoms with Gasteiger partial charge in [-0.05, 0) is 0 Å². The molecule has 0 amide bonds. The van der Waals surface area contributed by atoms with E-state index in [1.807, 2.05) is 12.2 Å². The van der Waals surface area contributed by atoms with E-state index < -0.39 is 0 Å². The molecule has 4 heteroatoms. The Balaban J connectivity index is 2.26. The molecule has 0 bridgehead atoms. The molecule has 68 valence electrons. The normalized spacial score (nSPS) is 28.5. The number of nitrogens with two attached hydrogens (primary N) is 1. The second-order valence-corrected chi connectivity index (χ2v) is 2.72. The first kappa shape index (κ1) is 9.22. The highest BCUT2D eigenvalue weighted by atomic mass is 16.6.